The summed E-state index contributed by atoms with van der Waals surface area (Å²) in [6.07, 6.45) is 5.84. The molecule has 116 valence electrons. The standard InChI is InChI=1S/C17H20FN3O/c18-13-4-7-16(12(8-13)10-19)20-15-3-1-2-11(9-15)17(22)21-14-5-6-14/h4,7-8,11,14-15,20H,1-3,5-6,9H2,(H,21,22)/t11-,15+/m1/s1. The van der Waals surface area contributed by atoms with Crippen LogP contribution in [0.25, 0.3) is 0 Å². The normalized spacial score (nSPS) is 24.4. The molecule has 0 bridgehead atoms. The first kappa shape index (κ1) is 14.8. The summed E-state index contributed by atoms with van der Waals surface area (Å²) in [5.74, 6) is -0.209. The summed E-state index contributed by atoms with van der Waals surface area (Å²) in [5, 5.41) is 15.5. The molecule has 0 unspecified atom stereocenters. The van der Waals surface area contributed by atoms with Crippen LogP contribution < -0.4 is 10.6 Å². The highest BCUT2D eigenvalue weighted by Crippen LogP contribution is 2.29. The van der Waals surface area contributed by atoms with E-state index in [1.807, 2.05) is 6.07 Å². The molecule has 0 aromatic heterocycles. The quantitative estimate of drug-likeness (QED) is 0.898. The fourth-order valence-electron chi connectivity index (χ4n) is 3.06. The third-order valence-electron chi connectivity index (χ3n) is 4.43. The first-order chi connectivity index (χ1) is 10.7. The number of nitrogens with zero attached hydrogens (tertiary/aromatic N) is 1. The molecule has 0 aliphatic heterocycles. The van der Waals surface area contributed by atoms with Gasteiger partial charge in [-0.25, -0.2) is 4.39 Å². The molecule has 0 radical (unpaired) electrons. The summed E-state index contributed by atoms with van der Waals surface area (Å²) in [6, 6.07) is 6.75. The molecule has 5 heteroatoms. The van der Waals surface area contributed by atoms with Gasteiger partial charge in [0, 0.05) is 18.0 Å². The number of amides is 1. The van der Waals surface area contributed by atoms with Gasteiger partial charge in [0.1, 0.15) is 11.9 Å². The lowest BCUT2D eigenvalue weighted by molar-refractivity contribution is -0.126. The van der Waals surface area contributed by atoms with E-state index in [1.165, 1.54) is 12.1 Å². The van der Waals surface area contributed by atoms with Crippen LogP contribution in [0.1, 0.15) is 44.1 Å². The maximum atomic E-state index is 13.2. The van der Waals surface area contributed by atoms with E-state index >= 15 is 0 Å². The monoisotopic (exact) mass is 301 g/mol. The fourth-order valence-corrected chi connectivity index (χ4v) is 3.06. The number of nitrogens with one attached hydrogen (secondary N) is 2. The van der Waals surface area contributed by atoms with E-state index in [-0.39, 0.29) is 17.9 Å². The zero-order valence-corrected chi connectivity index (χ0v) is 12.4. The van der Waals surface area contributed by atoms with E-state index in [0.29, 0.717) is 17.3 Å². The van der Waals surface area contributed by atoms with Crippen molar-refractivity contribution in [2.45, 2.75) is 50.6 Å². The molecule has 3 rings (SSSR count). The highest BCUT2D eigenvalue weighted by Gasteiger charge is 2.31. The van der Waals surface area contributed by atoms with Crippen molar-refractivity contribution in [3.05, 3.63) is 29.6 Å². The van der Waals surface area contributed by atoms with Crippen LogP contribution in [0.15, 0.2) is 18.2 Å². The number of carbonyl (C=O) groups is 1. The van der Waals surface area contributed by atoms with Crippen LogP contribution in [0, 0.1) is 23.1 Å². The van der Waals surface area contributed by atoms with E-state index in [9.17, 15) is 9.18 Å². The van der Waals surface area contributed by atoms with E-state index in [2.05, 4.69) is 10.6 Å². The largest absolute Gasteiger partial charge is 0.381 e. The Morgan fingerprint density at radius 3 is 2.77 bits per heavy atom. The zero-order valence-electron chi connectivity index (χ0n) is 12.4. The van der Waals surface area contributed by atoms with E-state index in [1.54, 1.807) is 6.07 Å². The number of rotatable bonds is 4. The Labute approximate surface area is 129 Å². The summed E-state index contributed by atoms with van der Waals surface area (Å²) < 4.78 is 13.2. The van der Waals surface area contributed by atoms with Crippen molar-refractivity contribution in [2.75, 3.05) is 5.32 Å². The zero-order chi connectivity index (χ0) is 15.5. The Morgan fingerprint density at radius 1 is 1.23 bits per heavy atom. The van der Waals surface area contributed by atoms with Gasteiger partial charge >= 0.3 is 0 Å². The average Bonchev–Trinajstić information content (AvgIpc) is 3.33. The second-order valence-corrected chi connectivity index (χ2v) is 6.29. The molecule has 2 saturated carbocycles. The molecule has 22 heavy (non-hydrogen) atoms. The third-order valence-corrected chi connectivity index (χ3v) is 4.43. The van der Waals surface area contributed by atoms with Gasteiger partial charge in [-0.3, -0.25) is 4.79 Å². The van der Waals surface area contributed by atoms with Crippen molar-refractivity contribution in [2.24, 2.45) is 5.92 Å². The van der Waals surface area contributed by atoms with Gasteiger partial charge < -0.3 is 10.6 Å². The number of nitriles is 1. The van der Waals surface area contributed by atoms with Crippen molar-refractivity contribution in [3.63, 3.8) is 0 Å². The molecule has 2 fully saturated rings. The van der Waals surface area contributed by atoms with Crippen LogP contribution in [0.4, 0.5) is 10.1 Å². The maximum Gasteiger partial charge on any atom is 0.223 e. The van der Waals surface area contributed by atoms with Gasteiger partial charge in [0.2, 0.25) is 5.91 Å². The molecule has 2 atom stereocenters. The summed E-state index contributed by atoms with van der Waals surface area (Å²) in [5.41, 5.74) is 0.960. The van der Waals surface area contributed by atoms with E-state index < -0.39 is 5.82 Å². The van der Waals surface area contributed by atoms with Crippen LogP contribution in [-0.4, -0.2) is 18.0 Å². The first-order valence-corrected chi connectivity index (χ1v) is 7.92. The van der Waals surface area contributed by atoms with Crippen molar-refractivity contribution in [1.82, 2.24) is 5.32 Å². The molecule has 1 aromatic carbocycles. The summed E-state index contributed by atoms with van der Waals surface area (Å²) in [4.78, 5) is 12.2. The topological polar surface area (TPSA) is 64.9 Å². The number of hydrogen-bond donors (Lipinski definition) is 2. The molecule has 4 nitrogen and oxygen atoms in total. The molecule has 2 aliphatic carbocycles. The number of carbonyl (C=O) groups excluding carboxylic acids is 1. The van der Waals surface area contributed by atoms with Gasteiger partial charge in [-0.15, -0.1) is 0 Å². The van der Waals surface area contributed by atoms with Gasteiger partial charge in [-0.1, -0.05) is 6.42 Å². The van der Waals surface area contributed by atoms with Gasteiger partial charge in [0.05, 0.1) is 11.3 Å². The van der Waals surface area contributed by atoms with Crippen molar-refractivity contribution in [3.8, 4) is 6.07 Å². The molecular weight excluding hydrogens is 281 g/mol. The highest BCUT2D eigenvalue weighted by atomic mass is 19.1. The molecule has 1 amide bonds. The molecule has 0 saturated heterocycles. The smallest absolute Gasteiger partial charge is 0.223 e. The molecule has 2 N–H and O–H groups in total. The SMILES string of the molecule is N#Cc1cc(F)ccc1N[C@H]1CCC[C@@H](C(=O)NC2CC2)C1. The van der Waals surface area contributed by atoms with Crippen LogP contribution in [0.5, 0.6) is 0 Å². The Bertz CT molecular complexity index is 606. The van der Waals surface area contributed by atoms with E-state index in [0.717, 1.165) is 38.5 Å². The van der Waals surface area contributed by atoms with Gasteiger partial charge in [0.25, 0.3) is 0 Å². The number of benzene rings is 1. The Kier molecular flexibility index (Phi) is 4.28. The minimum absolute atomic E-state index is 0.0397. The minimum Gasteiger partial charge on any atom is -0.381 e. The molecule has 2 aliphatic rings. The van der Waals surface area contributed by atoms with Crippen LogP contribution in [0.3, 0.4) is 0 Å². The average molecular weight is 301 g/mol. The van der Waals surface area contributed by atoms with Crippen LogP contribution in [0.2, 0.25) is 0 Å². The Hall–Kier alpha value is -2.09. The lowest BCUT2D eigenvalue weighted by Gasteiger charge is -2.30. The lowest BCUT2D eigenvalue weighted by Crippen LogP contribution is -2.38. The number of halogens is 1. The second-order valence-electron chi connectivity index (χ2n) is 6.29. The number of hydrogen-bond acceptors (Lipinski definition) is 3. The van der Waals surface area contributed by atoms with Gasteiger partial charge in [0.15, 0.2) is 0 Å². The number of anilines is 1. The van der Waals surface area contributed by atoms with Crippen molar-refractivity contribution >= 4 is 11.6 Å². The molecular formula is C17H20FN3O. The highest BCUT2D eigenvalue weighted by molar-refractivity contribution is 5.79. The Balaban J connectivity index is 1.62. The molecule has 1 aromatic rings. The minimum atomic E-state index is -0.410. The third kappa shape index (κ3) is 3.56. The fraction of sp³-hybridized carbons (Fsp3) is 0.529. The van der Waals surface area contributed by atoms with Crippen LogP contribution in [-0.2, 0) is 4.79 Å². The predicted molar refractivity (Wildman–Crippen MR) is 81.6 cm³/mol. The van der Waals surface area contributed by atoms with Crippen molar-refractivity contribution < 1.29 is 9.18 Å². The van der Waals surface area contributed by atoms with Gasteiger partial charge in [-0.05, 0) is 50.3 Å². The molecule has 0 spiro atoms. The lowest BCUT2D eigenvalue weighted by atomic mass is 9.85. The summed E-state index contributed by atoms with van der Waals surface area (Å²) >= 11 is 0. The predicted octanol–water partition coefficient (Wildman–Crippen LogP) is 2.95. The second kappa shape index (κ2) is 6.35. The van der Waals surface area contributed by atoms with Gasteiger partial charge in [-0.2, -0.15) is 5.26 Å². The summed E-state index contributed by atoms with van der Waals surface area (Å²) in [6.45, 7) is 0. The summed E-state index contributed by atoms with van der Waals surface area (Å²) in [7, 11) is 0. The first-order valence-electron chi connectivity index (χ1n) is 7.92. The maximum absolute atomic E-state index is 13.2. The van der Waals surface area contributed by atoms with E-state index in [4.69, 9.17) is 5.26 Å². The van der Waals surface area contributed by atoms with Crippen molar-refractivity contribution in [1.29, 1.82) is 5.26 Å². The van der Waals surface area contributed by atoms with Crippen LogP contribution >= 0.6 is 0 Å². The molecule has 0 heterocycles. The Morgan fingerprint density at radius 2 is 2.05 bits per heavy atom.